The van der Waals surface area contributed by atoms with E-state index in [1.165, 1.54) is 0 Å². The Hall–Kier alpha value is -1.84. The van der Waals surface area contributed by atoms with E-state index < -0.39 is 5.97 Å². The Balaban J connectivity index is 2.56. The molecule has 4 heteroatoms. The van der Waals surface area contributed by atoms with Gasteiger partial charge in [0.05, 0.1) is 6.42 Å². The second kappa shape index (κ2) is 6.55. The number of hydrogen-bond donors (Lipinski definition) is 2. The highest BCUT2D eigenvalue weighted by Gasteiger charge is 2.22. The van der Waals surface area contributed by atoms with Crippen LogP contribution in [0.2, 0.25) is 0 Å². The molecule has 0 aliphatic heterocycles. The number of anilines is 1. The quantitative estimate of drug-likeness (QED) is 0.867. The van der Waals surface area contributed by atoms with Crippen molar-refractivity contribution in [2.24, 2.45) is 11.3 Å². The zero-order valence-electron chi connectivity index (χ0n) is 12.6. The van der Waals surface area contributed by atoms with Crippen LogP contribution in [0.1, 0.15) is 39.7 Å². The van der Waals surface area contributed by atoms with E-state index in [1.807, 2.05) is 0 Å². The van der Waals surface area contributed by atoms with Gasteiger partial charge in [0.15, 0.2) is 0 Å². The topological polar surface area (TPSA) is 66.4 Å². The number of rotatable bonds is 5. The van der Waals surface area contributed by atoms with Gasteiger partial charge < -0.3 is 10.4 Å². The Labute approximate surface area is 120 Å². The molecule has 0 fully saturated rings. The van der Waals surface area contributed by atoms with Crippen LogP contribution in [0, 0.1) is 11.3 Å². The first kappa shape index (κ1) is 16.2. The number of carbonyl (C=O) groups excluding carboxylic acids is 1. The van der Waals surface area contributed by atoms with Crippen molar-refractivity contribution < 1.29 is 14.7 Å². The third-order valence-electron chi connectivity index (χ3n) is 3.56. The molecule has 1 amide bonds. The number of carboxylic acids is 1. The van der Waals surface area contributed by atoms with Crippen molar-refractivity contribution in [3.8, 4) is 0 Å². The molecule has 0 saturated carbocycles. The van der Waals surface area contributed by atoms with Gasteiger partial charge in [-0.15, -0.1) is 0 Å². The molecule has 4 nitrogen and oxygen atoms in total. The summed E-state index contributed by atoms with van der Waals surface area (Å²) in [6, 6.07) is 6.91. The standard InChI is InChI=1S/C16H23NO3/c1-11(16(2,3)4)9-14(18)17-13-7-5-12(6-8-13)10-15(19)20/h5-8,11H,9-10H2,1-4H3,(H,17,18)(H,19,20). The first-order valence-corrected chi connectivity index (χ1v) is 6.79. The van der Waals surface area contributed by atoms with Crippen LogP contribution in [0.4, 0.5) is 5.69 Å². The number of nitrogens with one attached hydrogen (secondary N) is 1. The lowest BCUT2D eigenvalue weighted by Crippen LogP contribution is -2.23. The lowest BCUT2D eigenvalue weighted by Gasteiger charge is -2.26. The lowest BCUT2D eigenvalue weighted by molar-refractivity contribution is -0.136. The number of benzene rings is 1. The van der Waals surface area contributed by atoms with Crippen LogP contribution < -0.4 is 5.32 Å². The molecule has 1 rings (SSSR count). The van der Waals surface area contributed by atoms with Gasteiger partial charge in [-0.1, -0.05) is 39.8 Å². The summed E-state index contributed by atoms with van der Waals surface area (Å²) >= 11 is 0. The summed E-state index contributed by atoms with van der Waals surface area (Å²) in [5.41, 5.74) is 1.52. The Kier molecular flexibility index (Phi) is 5.31. The lowest BCUT2D eigenvalue weighted by atomic mass is 9.80. The van der Waals surface area contributed by atoms with Gasteiger partial charge in [-0.05, 0) is 29.0 Å². The Morgan fingerprint density at radius 1 is 1.20 bits per heavy atom. The minimum Gasteiger partial charge on any atom is -0.481 e. The number of amides is 1. The molecule has 2 N–H and O–H groups in total. The van der Waals surface area contributed by atoms with Gasteiger partial charge in [0.1, 0.15) is 0 Å². The molecule has 1 aromatic carbocycles. The molecule has 1 unspecified atom stereocenters. The minimum atomic E-state index is -0.860. The highest BCUT2D eigenvalue weighted by atomic mass is 16.4. The van der Waals surface area contributed by atoms with Crippen molar-refractivity contribution in [2.75, 3.05) is 5.32 Å². The predicted molar refractivity (Wildman–Crippen MR) is 79.6 cm³/mol. The van der Waals surface area contributed by atoms with Crippen molar-refractivity contribution >= 4 is 17.6 Å². The summed E-state index contributed by atoms with van der Waals surface area (Å²) in [6.07, 6.45) is 0.468. The van der Waals surface area contributed by atoms with Crippen LogP contribution >= 0.6 is 0 Å². The monoisotopic (exact) mass is 277 g/mol. The van der Waals surface area contributed by atoms with Crippen LogP contribution in [0.5, 0.6) is 0 Å². The number of aliphatic carboxylic acids is 1. The first-order valence-electron chi connectivity index (χ1n) is 6.79. The third-order valence-corrected chi connectivity index (χ3v) is 3.56. The molecule has 1 aromatic rings. The third kappa shape index (κ3) is 5.43. The fourth-order valence-electron chi connectivity index (χ4n) is 1.68. The van der Waals surface area contributed by atoms with E-state index in [2.05, 4.69) is 33.0 Å². The van der Waals surface area contributed by atoms with Crippen molar-refractivity contribution in [2.45, 2.75) is 40.5 Å². The molecule has 0 saturated heterocycles. The van der Waals surface area contributed by atoms with Crippen LogP contribution in [-0.4, -0.2) is 17.0 Å². The Morgan fingerprint density at radius 2 is 1.75 bits per heavy atom. The second-order valence-electron chi connectivity index (χ2n) is 6.29. The Bertz CT molecular complexity index is 471. The molecule has 0 aliphatic carbocycles. The van der Waals surface area contributed by atoms with Crippen molar-refractivity contribution in [3.05, 3.63) is 29.8 Å². The first-order chi connectivity index (χ1) is 9.18. The average molecular weight is 277 g/mol. The predicted octanol–water partition coefficient (Wildman–Crippen LogP) is 3.32. The molecular weight excluding hydrogens is 254 g/mol. The Morgan fingerprint density at radius 3 is 2.20 bits per heavy atom. The van der Waals surface area contributed by atoms with E-state index in [0.717, 1.165) is 5.56 Å². The molecule has 1 atom stereocenters. The van der Waals surface area contributed by atoms with Crippen molar-refractivity contribution in [3.63, 3.8) is 0 Å². The summed E-state index contributed by atoms with van der Waals surface area (Å²) in [6.45, 7) is 8.42. The molecule has 0 spiro atoms. The molecule has 20 heavy (non-hydrogen) atoms. The van der Waals surface area contributed by atoms with Crippen LogP contribution in [0.15, 0.2) is 24.3 Å². The van der Waals surface area contributed by atoms with E-state index >= 15 is 0 Å². The molecule has 0 radical (unpaired) electrons. The maximum Gasteiger partial charge on any atom is 0.307 e. The molecule has 0 aromatic heterocycles. The summed E-state index contributed by atoms with van der Waals surface area (Å²) in [5.74, 6) is -0.590. The van der Waals surface area contributed by atoms with E-state index in [1.54, 1.807) is 24.3 Å². The minimum absolute atomic E-state index is 0.00468. The SMILES string of the molecule is CC(CC(=O)Nc1ccc(CC(=O)O)cc1)C(C)(C)C. The van der Waals surface area contributed by atoms with E-state index in [-0.39, 0.29) is 23.7 Å². The van der Waals surface area contributed by atoms with Gasteiger partial charge in [-0.3, -0.25) is 9.59 Å². The van der Waals surface area contributed by atoms with Crippen molar-refractivity contribution in [1.82, 2.24) is 0 Å². The van der Waals surface area contributed by atoms with Crippen LogP contribution in [0.3, 0.4) is 0 Å². The van der Waals surface area contributed by atoms with Gasteiger partial charge in [0, 0.05) is 12.1 Å². The number of carbonyl (C=O) groups is 2. The van der Waals surface area contributed by atoms with Crippen LogP contribution in [-0.2, 0) is 16.0 Å². The fraction of sp³-hybridized carbons (Fsp3) is 0.500. The van der Waals surface area contributed by atoms with E-state index in [0.29, 0.717) is 12.1 Å². The van der Waals surface area contributed by atoms with E-state index in [9.17, 15) is 9.59 Å². The molecule has 0 heterocycles. The van der Waals surface area contributed by atoms with Gasteiger partial charge in [0.2, 0.25) is 5.91 Å². The molecule has 0 aliphatic rings. The summed E-state index contributed by atoms with van der Waals surface area (Å²) in [4.78, 5) is 22.5. The van der Waals surface area contributed by atoms with Gasteiger partial charge >= 0.3 is 5.97 Å². The maximum absolute atomic E-state index is 11.9. The second-order valence-corrected chi connectivity index (χ2v) is 6.29. The zero-order valence-corrected chi connectivity index (χ0v) is 12.6. The number of hydrogen-bond acceptors (Lipinski definition) is 2. The molecular formula is C16H23NO3. The molecule has 110 valence electrons. The zero-order chi connectivity index (χ0) is 15.3. The highest BCUT2D eigenvalue weighted by Crippen LogP contribution is 2.28. The van der Waals surface area contributed by atoms with Gasteiger partial charge in [0.25, 0.3) is 0 Å². The maximum atomic E-state index is 11.9. The largest absolute Gasteiger partial charge is 0.481 e. The number of carboxylic acid groups (broad SMARTS) is 1. The summed E-state index contributed by atoms with van der Waals surface area (Å²) < 4.78 is 0. The van der Waals surface area contributed by atoms with Gasteiger partial charge in [-0.25, -0.2) is 0 Å². The summed E-state index contributed by atoms with van der Waals surface area (Å²) in [7, 11) is 0. The average Bonchev–Trinajstić information content (AvgIpc) is 2.29. The fourth-order valence-corrected chi connectivity index (χ4v) is 1.68. The van der Waals surface area contributed by atoms with Crippen LogP contribution in [0.25, 0.3) is 0 Å². The van der Waals surface area contributed by atoms with Crippen molar-refractivity contribution in [1.29, 1.82) is 0 Å². The normalized spacial score (nSPS) is 12.8. The van der Waals surface area contributed by atoms with Gasteiger partial charge in [-0.2, -0.15) is 0 Å². The molecule has 0 bridgehead atoms. The summed E-state index contributed by atoms with van der Waals surface area (Å²) in [5, 5.41) is 11.5. The highest BCUT2D eigenvalue weighted by molar-refractivity contribution is 5.90. The smallest absolute Gasteiger partial charge is 0.307 e. The van der Waals surface area contributed by atoms with E-state index in [4.69, 9.17) is 5.11 Å².